The number of nitrogens with zero attached hydrogens (tertiary/aromatic N) is 1. The van der Waals surface area contributed by atoms with Gasteiger partial charge in [0.15, 0.2) is 5.92 Å². The Kier molecular flexibility index (Phi) is 4.56. The lowest BCUT2D eigenvalue weighted by molar-refractivity contribution is -0.154. The predicted molar refractivity (Wildman–Crippen MR) is 55.8 cm³/mol. The minimum absolute atomic E-state index is 0.0219. The predicted octanol–water partition coefficient (Wildman–Crippen LogP) is 0.981. The van der Waals surface area contributed by atoms with Gasteiger partial charge < -0.3 is 9.47 Å². The second-order valence-electron chi connectivity index (χ2n) is 3.16. The zero-order chi connectivity index (χ0) is 12.8. The van der Waals surface area contributed by atoms with E-state index in [9.17, 15) is 14.0 Å². The largest absolute Gasteiger partial charge is 0.468 e. The highest BCUT2D eigenvalue weighted by atomic mass is 19.1. The van der Waals surface area contributed by atoms with Gasteiger partial charge in [-0.3, -0.25) is 14.6 Å². The van der Waals surface area contributed by atoms with Crippen LogP contribution in [0.25, 0.3) is 0 Å². The fourth-order valence-electron chi connectivity index (χ4n) is 1.38. The number of carbonyl (C=O) groups excluding carboxylic acids is 2. The molecular formula is C11H12FNO4. The summed E-state index contributed by atoms with van der Waals surface area (Å²) in [5.41, 5.74) is 0.182. The first-order chi connectivity index (χ1) is 8.15. The Morgan fingerprint density at radius 3 is 2.41 bits per heavy atom. The quantitative estimate of drug-likeness (QED) is 0.580. The fraction of sp³-hybridized carbons (Fsp3) is 0.364. The number of carbonyl (C=O) groups is 2. The topological polar surface area (TPSA) is 65.5 Å². The molecule has 0 aliphatic heterocycles. The van der Waals surface area contributed by atoms with Crippen LogP contribution in [0.5, 0.6) is 0 Å². The maximum atomic E-state index is 12.7. The van der Waals surface area contributed by atoms with Crippen molar-refractivity contribution in [2.24, 2.45) is 0 Å². The van der Waals surface area contributed by atoms with Gasteiger partial charge in [-0.05, 0) is 6.07 Å². The van der Waals surface area contributed by atoms with E-state index >= 15 is 0 Å². The molecule has 92 valence electrons. The third kappa shape index (κ3) is 2.77. The summed E-state index contributed by atoms with van der Waals surface area (Å²) in [6.45, 7) is -0.826. The van der Waals surface area contributed by atoms with Gasteiger partial charge >= 0.3 is 11.9 Å². The van der Waals surface area contributed by atoms with E-state index in [1.54, 1.807) is 0 Å². The van der Waals surface area contributed by atoms with Crippen molar-refractivity contribution < 1.29 is 23.5 Å². The van der Waals surface area contributed by atoms with Crippen LogP contribution in [0.3, 0.4) is 0 Å². The van der Waals surface area contributed by atoms with Crippen LogP contribution in [0.15, 0.2) is 18.3 Å². The summed E-state index contributed by atoms with van der Waals surface area (Å²) in [6, 6.07) is 2.96. The number of hydrogen-bond acceptors (Lipinski definition) is 5. The first-order valence-electron chi connectivity index (χ1n) is 4.81. The first-order valence-corrected chi connectivity index (χ1v) is 4.81. The second-order valence-corrected chi connectivity index (χ2v) is 3.16. The van der Waals surface area contributed by atoms with Crippen LogP contribution in [-0.2, 0) is 25.7 Å². The van der Waals surface area contributed by atoms with Crippen molar-refractivity contribution in [2.75, 3.05) is 14.2 Å². The van der Waals surface area contributed by atoms with Crippen LogP contribution >= 0.6 is 0 Å². The lowest BCUT2D eigenvalue weighted by Crippen LogP contribution is -2.26. The highest BCUT2D eigenvalue weighted by Crippen LogP contribution is 2.21. The van der Waals surface area contributed by atoms with Crippen molar-refractivity contribution in [3.05, 3.63) is 29.6 Å². The highest BCUT2D eigenvalue weighted by molar-refractivity contribution is 6.00. The maximum Gasteiger partial charge on any atom is 0.326 e. The number of halogens is 1. The van der Waals surface area contributed by atoms with Gasteiger partial charge in [-0.2, -0.15) is 0 Å². The summed E-state index contributed by atoms with van der Waals surface area (Å²) >= 11 is 0. The van der Waals surface area contributed by atoms with Crippen molar-refractivity contribution >= 4 is 11.9 Å². The Hall–Kier alpha value is -1.98. The molecule has 1 aromatic rings. The molecular weight excluding hydrogens is 229 g/mol. The molecule has 0 atom stereocenters. The molecule has 0 aliphatic rings. The van der Waals surface area contributed by atoms with Gasteiger partial charge in [-0.15, -0.1) is 0 Å². The standard InChI is InChI=1S/C11H12FNO4/c1-16-10(14)8(11(15)17-2)9-7(6-12)4-3-5-13-9/h3-5,8H,6H2,1-2H3. The average molecular weight is 241 g/mol. The summed E-state index contributed by atoms with van der Waals surface area (Å²) < 4.78 is 21.7. The lowest BCUT2D eigenvalue weighted by Gasteiger charge is -2.13. The van der Waals surface area contributed by atoms with E-state index in [1.165, 1.54) is 18.3 Å². The van der Waals surface area contributed by atoms with Gasteiger partial charge in [0.1, 0.15) is 6.67 Å². The first kappa shape index (κ1) is 13.1. The van der Waals surface area contributed by atoms with Crippen LogP contribution in [-0.4, -0.2) is 31.1 Å². The fourth-order valence-corrected chi connectivity index (χ4v) is 1.38. The highest BCUT2D eigenvalue weighted by Gasteiger charge is 2.33. The van der Waals surface area contributed by atoms with Crippen molar-refractivity contribution in [2.45, 2.75) is 12.6 Å². The van der Waals surface area contributed by atoms with E-state index in [2.05, 4.69) is 14.5 Å². The Morgan fingerprint density at radius 1 is 1.35 bits per heavy atom. The van der Waals surface area contributed by atoms with Crippen LogP contribution in [0.2, 0.25) is 0 Å². The second kappa shape index (κ2) is 5.93. The molecule has 0 unspecified atom stereocenters. The zero-order valence-electron chi connectivity index (χ0n) is 9.47. The molecule has 0 radical (unpaired) electrons. The van der Waals surface area contributed by atoms with E-state index in [-0.39, 0.29) is 11.3 Å². The molecule has 0 bridgehead atoms. The van der Waals surface area contributed by atoms with Crippen LogP contribution in [0.4, 0.5) is 4.39 Å². The monoisotopic (exact) mass is 241 g/mol. The average Bonchev–Trinajstić information content (AvgIpc) is 2.39. The van der Waals surface area contributed by atoms with Gasteiger partial charge in [0.25, 0.3) is 0 Å². The third-order valence-corrected chi connectivity index (χ3v) is 2.22. The van der Waals surface area contributed by atoms with Crippen molar-refractivity contribution in [1.29, 1.82) is 0 Å². The molecule has 0 fully saturated rings. The van der Waals surface area contributed by atoms with E-state index in [1.807, 2.05) is 0 Å². The van der Waals surface area contributed by atoms with Gasteiger partial charge in [0.2, 0.25) is 0 Å². The van der Waals surface area contributed by atoms with Crippen molar-refractivity contribution in [3.8, 4) is 0 Å². The Bertz CT molecular complexity index is 406. The third-order valence-electron chi connectivity index (χ3n) is 2.22. The minimum atomic E-state index is -1.35. The van der Waals surface area contributed by atoms with E-state index in [0.717, 1.165) is 14.2 Å². The molecule has 0 aromatic carbocycles. The molecule has 0 saturated carbocycles. The van der Waals surface area contributed by atoms with E-state index in [4.69, 9.17) is 0 Å². The smallest absolute Gasteiger partial charge is 0.326 e. The van der Waals surface area contributed by atoms with Crippen molar-refractivity contribution in [3.63, 3.8) is 0 Å². The normalized spacial score (nSPS) is 10.1. The molecule has 5 nitrogen and oxygen atoms in total. The number of rotatable bonds is 4. The van der Waals surface area contributed by atoms with Crippen LogP contribution in [0, 0.1) is 0 Å². The molecule has 1 aromatic heterocycles. The number of pyridine rings is 1. The summed E-state index contributed by atoms with van der Waals surface area (Å²) in [4.78, 5) is 26.8. The number of ether oxygens (including phenoxy) is 2. The summed E-state index contributed by atoms with van der Waals surface area (Å²) in [7, 11) is 2.27. The lowest BCUT2D eigenvalue weighted by atomic mass is 10.0. The van der Waals surface area contributed by atoms with Crippen LogP contribution < -0.4 is 0 Å². The number of methoxy groups -OCH3 is 2. The molecule has 6 heteroatoms. The minimum Gasteiger partial charge on any atom is -0.468 e. The number of alkyl halides is 1. The van der Waals surface area contributed by atoms with Crippen molar-refractivity contribution in [1.82, 2.24) is 4.98 Å². The molecule has 0 aliphatic carbocycles. The Morgan fingerprint density at radius 2 is 1.94 bits per heavy atom. The molecule has 17 heavy (non-hydrogen) atoms. The number of esters is 2. The van der Waals surface area contributed by atoms with Gasteiger partial charge in [-0.1, -0.05) is 6.07 Å². The summed E-state index contributed by atoms with van der Waals surface area (Å²) in [5, 5.41) is 0. The number of aromatic nitrogens is 1. The summed E-state index contributed by atoms with van der Waals surface area (Å²) in [5.74, 6) is -3.01. The Labute approximate surface area is 97.6 Å². The Balaban J connectivity index is 3.21. The number of hydrogen-bond donors (Lipinski definition) is 0. The molecule has 1 heterocycles. The van der Waals surface area contributed by atoms with E-state index < -0.39 is 24.5 Å². The van der Waals surface area contributed by atoms with Crippen LogP contribution in [0.1, 0.15) is 17.2 Å². The molecule has 0 saturated heterocycles. The van der Waals surface area contributed by atoms with Gasteiger partial charge in [0.05, 0.1) is 19.9 Å². The van der Waals surface area contributed by atoms with E-state index in [0.29, 0.717) is 0 Å². The molecule has 0 N–H and O–H groups in total. The summed E-state index contributed by atoms with van der Waals surface area (Å²) in [6.07, 6.45) is 1.37. The molecule has 0 amide bonds. The zero-order valence-corrected chi connectivity index (χ0v) is 9.47. The molecule has 1 rings (SSSR count). The maximum absolute atomic E-state index is 12.7. The van der Waals surface area contributed by atoms with Gasteiger partial charge in [0, 0.05) is 11.8 Å². The van der Waals surface area contributed by atoms with Gasteiger partial charge in [-0.25, -0.2) is 4.39 Å². The SMILES string of the molecule is COC(=O)C(C(=O)OC)c1ncccc1CF. The molecule has 0 spiro atoms.